The fourth-order valence-corrected chi connectivity index (χ4v) is 5.41. The van der Waals surface area contributed by atoms with Gasteiger partial charge in [0.15, 0.2) is 5.82 Å². The molecule has 0 amide bonds. The van der Waals surface area contributed by atoms with Gasteiger partial charge in [-0.25, -0.2) is 15.0 Å². The van der Waals surface area contributed by atoms with E-state index in [1.807, 2.05) is 6.07 Å². The minimum absolute atomic E-state index is 0.0615. The first-order valence-electron chi connectivity index (χ1n) is 11.9. The first kappa shape index (κ1) is 24.7. The first-order valence-corrected chi connectivity index (χ1v) is 11.9. The number of aliphatic hydroxyl groups is 1. The molecular weight excluding hydrogens is 509 g/mol. The molecule has 0 aliphatic carbocycles. The summed E-state index contributed by atoms with van der Waals surface area (Å²) in [4.78, 5) is 13.1. The highest BCUT2D eigenvalue weighted by Gasteiger charge is 2.50. The van der Waals surface area contributed by atoms with E-state index in [4.69, 9.17) is 4.74 Å². The lowest BCUT2D eigenvalue weighted by Gasteiger charge is -2.28. The van der Waals surface area contributed by atoms with Crippen molar-refractivity contribution in [3.63, 3.8) is 0 Å². The highest BCUT2D eigenvalue weighted by molar-refractivity contribution is 5.83. The van der Waals surface area contributed by atoms with Gasteiger partial charge in [0.25, 0.3) is 0 Å². The van der Waals surface area contributed by atoms with Crippen LogP contribution in [0, 0.1) is 0 Å². The van der Waals surface area contributed by atoms with Gasteiger partial charge in [-0.05, 0) is 49.6 Å². The number of nitrogens with zero attached hydrogens (tertiary/aromatic N) is 4. The minimum atomic E-state index is -4.66. The van der Waals surface area contributed by atoms with Gasteiger partial charge in [-0.1, -0.05) is 18.2 Å². The van der Waals surface area contributed by atoms with Crippen LogP contribution in [-0.4, -0.2) is 37.4 Å². The molecule has 2 aromatic heterocycles. The first-order chi connectivity index (χ1) is 17.9. The largest absolute Gasteiger partial charge is 0.434 e. The Bertz CT molecular complexity index is 1530. The zero-order chi connectivity index (χ0) is 27.0. The van der Waals surface area contributed by atoms with Gasteiger partial charge in [0.1, 0.15) is 23.2 Å². The molecule has 0 radical (unpaired) electrons. The van der Waals surface area contributed by atoms with E-state index in [2.05, 4.69) is 20.3 Å². The van der Waals surface area contributed by atoms with E-state index >= 15 is 0 Å². The lowest BCUT2D eigenvalue weighted by molar-refractivity contribution is -0.159. The minimum Gasteiger partial charge on any atom is -0.434 e. The Morgan fingerprint density at radius 2 is 1.82 bits per heavy atom. The Balaban J connectivity index is 1.51. The summed E-state index contributed by atoms with van der Waals surface area (Å²) in [6, 6.07) is 5.68. The van der Waals surface area contributed by atoms with Crippen molar-refractivity contribution in [2.24, 2.45) is 0 Å². The van der Waals surface area contributed by atoms with Gasteiger partial charge in [0.2, 0.25) is 0 Å². The molecule has 2 bridgehead atoms. The van der Waals surface area contributed by atoms with Crippen LogP contribution in [0.25, 0.3) is 22.2 Å². The number of aromatic nitrogens is 4. The van der Waals surface area contributed by atoms with Gasteiger partial charge < -0.3 is 14.4 Å². The quantitative estimate of drug-likeness (QED) is 0.336. The molecule has 4 heterocycles. The SMILES string of the molecule is CC(C)(O)c1ncc(-c2ccc3nc4n(c3c2)[C@@H]2C[C@H]4N[C@H](C(F)(F)F)c3cccc(OC(F)F)c32)cn1. The van der Waals surface area contributed by atoms with Gasteiger partial charge in [0, 0.05) is 23.5 Å². The van der Waals surface area contributed by atoms with E-state index in [0.29, 0.717) is 22.4 Å². The molecule has 38 heavy (non-hydrogen) atoms. The highest BCUT2D eigenvalue weighted by Crippen LogP contribution is 2.52. The van der Waals surface area contributed by atoms with E-state index in [9.17, 15) is 27.1 Å². The van der Waals surface area contributed by atoms with Crippen LogP contribution in [0.4, 0.5) is 22.0 Å². The molecule has 2 aromatic carbocycles. The Labute approximate surface area is 213 Å². The number of fused-ring (bicyclic) bond motifs is 9. The van der Waals surface area contributed by atoms with Gasteiger partial charge in [-0.15, -0.1) is 0 Å². The number of halogens is 5. The zero-order valence-electron chi connectivity index (χ0n) is 20.2. The van der Waals surface area contributed by atoms with Crippen molar-refractivity contribution in [2.45, 2.75) is 56.8 Å². The van der Waals surface area contributed by atoms with Crippen LogP contribution < -0.4 is 10.1 Å². The van der Waals surface area contributed by atoms with Crippen LogP contribution >= 0.6 is 0 Å². The number of alkyl halides is 5. The summed E-state index contributed by atoms with van der Waals surface area (Å²) in [6.45, 7) is -0.0478. The lowest BCUT2D eigenvalue weighted by Crippen LogP contribution is -2.36. The topological polar surface area (TPSA) is 85.1 Å². The Morgan fingerprint density at radius 3 is 2.47 bits per heavy atom. The number of imidazole rings is 1. The maximum absolute atomic E-state index is 14.1. The lowest BCUT2D eigenvalue weighted by atomic mass is 9.94. The summed E-state index contributed by atoms with van der Waals surface area (Å²) in [6.07, 6.45) is -1.33. The fraction of sp³-hybridized carbons (Fsp3) is 0.346. The van der Waals surface area contributed by atoms with Crippen LogP contribution in [0.5, 0.6) is 5.75 Å². The molecule has 3 atom stereocenters. The summed E-state index contributed by atoms with van der Waals surface area (Å²) >= 11 is 0. The highest BCUT2D eigenvalue weighted by atomic mass is 19.4. The fourth-order valence-electron chi connectivity index (χ4n) is 5.41. The van der Waals surface area contributed by atoms with Crippen molar-refractivity contribution in [1.82, 2.24) is 24.8 Å². The average molecular weight is 531 g/mol. The maximum atomic E-state index is 14.1. The van der Waals surface area contributed by atoms with Crippen LogP contribution in [0.3, 0.4) is 0 Å². The molecule has 0 spiro atoms. The van der Waals surface area contributed by atoms with E-state index in [-0.39, 0.29) is 29.1 Å². The molecule has 6 rings (SSSR count). The van der Waals surface area contributed by atoms with Gasteiger partial charge in [0.05, 0.1) is 23.1 Å². The second kappa shape index (κ2) is 8.43. The Hall–Kier alpha value is -3.64. The van der Waals surface area contributed by atoms with Crippen molar-refractivity contribution in [3.8, 4) is 16.9 Å². The number of hydrogen-bond acceptors (Lipinski definition) is 6. The van der Waals surface area contributed by atoms with Crippen molar-refractivity contribution in [1.29, 1.82) is 0 Å². The third-order valence-corrected chi connectivity index (χ3v) is 6.99. The van der Waals surface area contributed by atoms with Crippen LogP contribution in [0.15, 0.2) is 48.8 Å². The molecule has 2 aliphatic rings. The molecule has 0 unspecified atom stereocenters. The van der Waals surface area contributed by atoms with Gasteiger partial charge in [-0.2, -0.15) is 22.0 Å². The summed E-state index contributed by atoms with van der Waals surface area (Å²) in [7, 11) is 0. The monoisotopic (exact) mass is 531 g/mol. The van der Waals surface area contributed by atoms with Crippen molar-refractivity contribution < 1.29 is 31.8 Å². The van der Waals surface area contributed by atoms with Crippen molar-refractivity contribution in [2.75, 3.05) is 0 Å². The van der Waals surface area contributed by atoms with E-state index in [1.54, 1.807) is 42.9 Å². The van der Waals surface area contributed by atoms with Gasteiger partial charge in [-0.3, -0.25) is 5.32 Å². The Kier molecular flexibility index (Phi) is 5.48. The molecule has 198 valence electrons. The van der Waals surface area contributed by atoms with Crippen LogP contribution in [0.2, 0.25) is 0 Å². The van der Waals surface area contributed by atoms with Crippen molar-refractivity contribution >= 4 is 11.0 Å². The van der Waals surface area contributed by atoms with Crippen LogP contribution in [0.1, 0.15) is 61.2 Å². The number of nitrogens with one attached hydrogen (secondary N) is 1. The molecular formula is C26H22F5N5O2. The third-order valence-electron chi connectivity index (χ3n) is 6.99. The molecule has 0 saturated carbocycles. The number of benzene rings is 2. The van der Waals surface area contributed by atoms with E-state index in [1.165, 1.54) is 18.2 Å². The van der Waals surface area contributed by atoms with E-state index < -0.39 is 36.5 Å². The summed E-state index contributed by atoms with van der Waals surface area (Å²) < 4.78 is 75.5. The molecule has 7 nitrogen and oxygen atoms in total. The molecule has 12 heteroatoms. The zero-order valence-corrected chi connectivity index (χ0v) is 20.2. The molecule has 0 fully saturated rings. The molecule has 0 saturated heterocycles. The second-order valence-corrected chi connectivity index (χ2v) is 9.98. The average Bonchev–Trinajstić information content (AvgIpc) is 3.31. The van der Waals surface area contributed by atoms with E-state index in [0.717, 1.165) is 5.56 Å². The second-order valence-electron chi connectivity index (χ2n) is 9.98. The molecule has 4 aromatic rings. The summed E-state index contributed by atoms with van der Waals surface area (Å²) in [5.74, 6) is 0.356. The molecule has 2 N–H and O–H groups in total. The number of rotatable bonds is 4. The predicted octanol–water partition coefficient (Wildman–Crippen LogP) is 5.56. The third kappa shape index (κ3) is 3.99. The van der Waals surface area contributed by atoms with Crippen LogP contribution in [-0.2, 0) is 5.60 Å². The number of hydrogen-bond donors (Lipinski definition) is 2. The van der Waals surface area contributed by atoms with Gasteiger partial charge >= 0.3 is 12.8 Å². The summed E-state index contributed by atoms with van der Waals surface area (Å²) in [5.41, 5.74) is 1.26. The predicted molar refractivity (Wildman–Crippen MR) is 127 cm³/mol. The van der Waals surface area contributed by atoms with Crippen molar-refractivity contribution in [3.05, 3.63) is 71.6 Å². The normalized spacial score (nSPS) is 20.9. The Morgan fingerprint density at radius 1 is 1.08 bits per heavy atom. The molecule has 2 aliphatic heterocycles. The summed E-state index contributed by atoms with van der Waals surface area (Å²) in [5, 5.41) is 12.8. The standard InChI is InChI=1S/C26H22F5N5O2/c1-25(2,37)23-32-10-13(11-33-23)12-6-7-15-17(8-12)36-18-9-16(22(36)35-15)34-21(26(29,30)31)14-4-3-5-19(20(14)18)38-24(27)28/h3-8,10-11,16,18,21,24,34,37H,9H2,1-2H3/t16-,18-,21+/m1/s1. The maximum Gasteiger partial charge on any atom is 0.407 e. The smallest absolute Gasteiger partial charge is 0.407 e. The number of ether oxygens (including phenoxy) is 1.